The fraction of sp³-hybridized carbons (Fsp3) is 0.455. The summed E-state index contributed by atoms with van der Waals surface area (Å²) in [6.07, 6.45) is 0. The van der Waals surface area contributed by atoms with Crippen LogP contribution in [0.3, 0.4) is 0 Å². The van der Waals surface area contributed by atoms with Gasteiger partial charge in [0, 0.05) is 0 Å². The number of aryl methyl sites for hydroxylation is 2. The van der Waals surface area contributed by atoms with Crippen molar-refractivity contribution in [3.05, 3.63) is 35.4 Å². The van der Waals surface area contributed by atoms with Crippen molar-refractivity contribution in [3.63, 3.8) is 0 Å². The number of benzene rings is 2. The van der Waals surface area contributed by atoms with Crippen molar-refractivity contribution >= 4 is 46.4 Å². The van der Waals surface area contributed by atoms with Crippen molar-refractivity contribution in [1.29, 1.82) is 0 Å². The molecule has 0 amide bonds. The molecule has 4 nitrogen and oxygen atoms in total. The van der Waals surface area contributed by atoms with Crippen molar-refractivity contribution in [2.75, 3.05) is 49.9 Å². The van der Waals surface area contributed by atoms with Gasteiger partial charge in [0.1, 0.15) is 26.4 Å². The van der Waals surface area contributed by atoms with Crippen LogP contribution in [0.4, 0.5) is 0 Å². The van der Waals surface area contributed by atoms with E-state index in [4.69, 9.17) is 65.4 Å². The van der Waals surface area contributed by atoms with Crippen LogP contribution in [0.15, 0.2) is 24.3 Å². The van der Waals surface area contributed by atoms with E-state index in [1.165, 1.54) is 0 Å². The van der Waals surface area contributed by atoms with E-state index in [1.807, 2.05) is 38.1 Å². The van der Waals surface area contributed by atoms with Crippen molar-refractivity contribution in [2.24, 2.45) is 0 Å². The molecule has 166 valence electrons. The molecule has 2 aromatic carbocycles. The largest absolute Gasteiger partial charge is 0.488 e. The Morgan fingerprint density at radius 1 is 0.500 bits per heavy atom. The number of ether oxygens (including phenoxy) is 4. The third kappa shape index (κ3) is 6.91. The number of hydrogen-bond acceptors (Lipinski definition) is 4. The zero-order valence-electron chi connectivity index (χ0n) is 17.1. The first kappa shape index (κ1) is 25.1. The maximum atomic E-state index is 5.82. The second kappa shape index (κ2) is 13.3. The van der Waals surface area contributed by atoms with E-state index in [2.05, 4.69) is 0 Å². The number of halogens is 4. The molecule has 2 rings (SSSR count). The second-order valence-corrected chi connectivity index (χ2v) is 7.89. The van der Waals surface area contributed by atoms with Gasteiger partial charge in [0.05, 0.1) is 23.5 Å². The van der Waals surface area contributed by atoms with Crippen molar-refractivity contribution < 1.29 is 18.9 Å². The van der Waals surface area contributed by atoms with Crippen LogP contribution in [0.2, 0.25) is 0 Å². The lowest BCUT2D eigenvalue weighted by atomic mass is 9.95. The quantitative estimate of drug-likeness (QED) is 0.299. The SMILES string of the molecule is Cc1cc(OCCCl)c(OCCCl)cc1-c1cc(OCCCl)c(OCCCl)cc1C. The van der Waals surface area contributed by atoms with Gasteiger partial charge in [0.25, 0.3) is 0 Å². The van der Waals surface area contributed by atoms with Crippen LogP contribution < -0.4 is 18.9 Å². The van der Waals surface area contributed by atoms with Gasteiger partial charge in [0.2, 0.25) is 0 Å². The lowest BCUT2D eigenvalue weighted by molar-refractivity contribution is 0.289. The smallest absolute Gasteiger partial charge is 0.161 e. The highest BCUT2D eigenvalue weighted by atomic mass is 35.5. The molecule has 0 heterocycles. The molecule has 0 saturated carbocycles. The van der Waals surface area contributed by atoms with Crippen LogP contribution in [-0.4, -0.2) is 49.9 Å². The summed E-state index contributed by atoms with van der Waals surface area (Å²) >= 11 is 23.2. The van der Waals surface area contributed by atoms with Crippen molar-refractivity contribution in [3.8, 4) is 34.1 Å². The number of rotatable bonds is 13. The van der Waals surface area contributed by atoms with Crippen molar-refractivity contribution in [2.45, 2.75) is 13.8 Å². The molecule has 0 aliphatic rings. The van der Waals surface area contributed by atoms with Gasteiger partial charge in [0.15, 0.2) is 23.0 Å². The normalized spacial score (nSPS) is 10.7. The average Bonchev–Trinajstić information content (AvgIpc) is 2.74. The molecule has 0 fully saturated rings. The van der Waals surface area contributed by atoms with Crippen LogP contribution in [0.25, 0.3) is 11.1 Å². The van der Waals surface area contributed by atoms with Crippen LogP contribution in [-0.2, 0) is 0 Å². The Morgan fingerprint density at radius 3 is 1.03 bits per heavy atom. The fourth-order valence-electron chi connectivity index (χ4n) is 2.95. The molecule has 0 aliphatic carbocycles. The topological polar surface area (TPSA) is 36.9 Å². The molecule has 0 saturated heterocycles. The summed E-state index contributed by atoms with van der Waals surface area (Å²) in [6.45, 7) is 5.56. The van der Waals surface area contributed by atoms with Crippen LogP contribution >= 0.6 is 46.4 Å². The van der Waals surface area contributed by atoms with E-state index in [0.29, 0.717) is 72.9 Å². The van der Waals surface area contributed by atoms with Gasteiger partial charge in [-0.25, -0.2) is 0 Å². The second-order valence-electron chi connectivity index (χ2n) is 6.38. The minimum absolute atomic E-state index is 0.371. The molecule has 8 heteroatoms. The van der Waals surface area contributed by atoms with Crippen molar-refractivity contribution in [1.82, 2.24) is 0 Å². The zero-order valence-corrected chi connectivity index (χ0v) is 20.1. The number of hydrogen-bond donors (Lipinski definition) is 0. The molecular formula is C22H26Cl4O4. The molecule has 0 unspecified atom stereocenters. The molecule has 0 atom stereocenters. The Hall–Kier alpha value is -1.20. The Labute approximate surface area is 198 Å². The first-order valence-electron chi connectivity index (χ1n) is 9.60. The molecule has 0 radical (unpaired) electrons. The van der Waals surface area contributed by atoms with E-state index in [-0.39, 0.29) is 0 Å². The van der Waals surface area contributed by atoms with E-state index in [9.17, 15) is 0 Å². The summed E-state index contributed by atoms with van der Waals surface area (Å²) in [4.78, 5) is 0. The standard InChI is InChI=1S/C22H26Cl4O4/c1-15-11-19(27-7-3-23)21(29-9-5-25)13-17(15)18-14-22(30-10-6-26)20(12-16(18)2)28-8-4-24/h11-14H,3-10H2,1-2H3. The van der Waals surface area contributed by atoms with E-state index in [0.717, 1.165) is 22.3 Å². The highest BCUT2D eigenvalue weighted by Crippen LogP contribution is 2.41. The highest BCUT2D eigenvalue weighted by Gasteiger charge is 2.17. The van der Waals surface area contributed by atoms with Gasteiger partial charge in [-0.1, -0.05) is 0 Å². The molecule has 0 N–H and O–H groups in total. The monoisotopic (exact) mass is 494 g/mol. The molecule has 0 aromatic heterocycles. The average molecular weight is 496 g/mol. The minimum atomic E-state index is 0.371. The summed E-state index contributed by atoms with van der Waals surface area (Å²) in [5.74, 6) is 4.04. The maximum Gasteiger partial charge on any atom is 0.161 e. The van der Waals surface area contributed by atoms with E-state index in [1.54, 1.807) is 0 Å². The van der Waals surface area contributed by atoms with Gasteiger partial charge in [-0.3, -0.25) is 0 Å². The van der Waals surface area contributed by atoms with Crippen LogP contribution in [0.1, 0.15) is 11.1 Å². The van der Waals surface area contributed by atoms with Gasteiger partial charge in [-0.2, -0.15) is 0 Å². The minimum Gasteiger partial charge on any atom is -0.488 e. The predicted octanol–water partition coefficient (Wildman–Crippen LogP) is 6.44. The van der Waals surface area contributed by atoms with Gasteiger partial charge >= 0.3 is 0 Å². The van der Waals surface area contributed by atoms with E-state index >= 15 is 0 Å². The molecular weight excluding hydrogens is 470 g/mol. The first-order chi connectivity index (χ1) is 14.5. The third-order valence-electron chi connectivity index (χ3n) is 4.21. The summed E-state index contributed by atoms with van der Waals surface area (Å²) in [5.41, 5.74) is 4.04. The lowest BCUT2D eigenvalue weighted by Crippen LogP contribution is -2.06. The summed E-state index contributed by atoms with van der Waals surface area (Å²) in [6, 6.07) is 7.81. The maximum absolute atomic E-state index is 5.82. The van der Waals surface area contributed by atoms with Crippen LogP contribution in [0, 0.1) is 13.8 Å². The first-order valence-corrected chi connectivity index (χ1v) is 11.7. The Balaban J connectivity index is 2.51. The predicted molar refractivity (Wildman–Crippen MR) is 126 cm³/mol. The van der Waals surface area contributed by atoms with Gasteiger partial charge in [-0.15, -0.1) is 46.4 Å². The third-order valence-corrected chi connectivity index (χ3v) is 4.83. The Bertz CT molecular complexity index is 747. The summed E-state index contributed by atoms with van der Waals surface area (Å²) in [7, 11) is 0. The lowest BCUT2D eigenvalue weighted by Gasteiger charge is -2.19. The Kier molecular flexibility index (Phi) is 11.1. The molecule has 30 heavy (non-hydrogen) atoms. The van der Waals surface area contributed by atoms with Gasteiger partial charge in [-0.05, 0) is 60.4 Å². The zero-order chi connectivity index (χ0) is 21.9. The molecule has 0 spiro atoms. The van der Waals surface area contributed by atoms with Gasteiger partial charge < -0.3 is 18.9 Å². The Morgan fingerprint density at radius 2 is 0.767 bits per heavy atom. The highest BCUT2D eigenvalue weighted by molar-refractivity contribution is 6.18. The molecule has 0 bridgehead atoms. The van der Waals surface area contributed by atoms with Crippen LogP contribution in [0.5, 0.6) is 23.0 Å². The molecule has 0 aliphatic heterocycles. The molecule has 2 aromatic rings. The summed E-state index contributed by atoms with van der Waals surface area (Å²) < 4.78 is 23.2. The summed E-state index contributed by atoms with van der Waals surface area (Å²) in [5, 5.41) is 0. The number of alkyl halides is 4. The van der Waals surface area contributed by atoms with E-state index < -0.39 is 0 Å². The fourth-order valence-corrected chi connectivity index (χ4v) is 3.26.